The van der Waals surface area contributed by atoms with Crippen LogP contribution in [-0.4, -0.2) is 14.7 Å². The highest BCUT2D eigenvalue weighted by atomic mass is 19.1. The van der Waals surface area contributed by atoms with Crippen LogP contribution in [0.2, 0.25) is 0 Å². The summed E-state index contributed by atoms with van der Waals surface area (Å²) in [6.07, 6.45) is 0. The molecule has 0 fully saturated rings. The number of aromatic amines is 1. The van der Waals surface area contributed by atoms with Crippen LogP contribution in [0.5, 0.6) is 5.88 Å². The van der Waals surface area contributed by atoms with E-state index in [9.17, 15) is 19.1 Å². The molecule has 7 heteroatoms. The topological polar surface area (TPSA) is 98.9 Å². The summed E-state index contributed by atoms with van der Waals surface area (Å²) < 4.78 is 13.8. The maximum Gasteiger partial charge on any atom is 0.335 e. The lowest BCUT2D eigenvalue weighted by atomic mass is 10.2. The van der Waals surface area contributed by atoms with E-state index < -0.39 is 22.9 Å². The second-order valence-corrected chi connectivity index (χ2v) is 3.39. The molecule has 1 aromatic heterocycles. The number of nitrogens with zero attached hydrogens (tertiary/aromatic N) is 2. The Hall–Kier alpha value is -2.88. The molecule has 0 saturated heterocycles. The third-order valence-electron chi connectivity index (χ3n) is 2.29. The summed E-state index contributed by atoms with van der Waals surface area (Å²) >= 11 is 0. The van der Waals surface area contributed by atoms with Crippen LogP contribution >= 0.6 is 0 Å². The predicted octanol–water partition coefficient (Wildman–Crippen LogP) is 0.242. The van der Waals surface area contributed by atoms with Crippen LogP contribution in [0.3, 0.4) is 0 Å². The van der Waals surface area contributed by atoms with Gasteiger partial charge in [0.1, 0.15) is 0 Å². The van der Waals surface area contributed by atoms with E-state index in [1.54, 1.807) is 4.98 Å². The second-order valence-electron chi connectivity index (χ2n) is 3.39. The molecule has 0 amide bonds. The lowest BCUT2D eigenvalue weighted by Crippen LogP contribution is -2.30. The van der Waals surface area contributed by atoms with E-state index in [4.69, 9.17) is 5.26 Å². The molecule has 0 atom stereocenters. The zero-order valence-electron chi connectivity index (χ0n) is 8.85. The molecule has 0 aliphatic carbocycles. The summed E-state index contributed by atoms with van der Waals surface area (Å²) in [5, 5.41) is 18.1. The lowest BCUT2D eigenvalue weighted by molar-refractivity contribution is 0.386. The average molecular weight is 247 g/mol. The number of nitriles is 1. The zero-order valence-corrected chi connectivity index (χ0v) is 8.85. The van der Waals surface area contributed by atoms with E-state index in [0.29, 0.717) is 10.1 Å². The van der Waals surface area contributed by atoms with Crippen molar-refractivity contribution in [3.05, 3.63) is 56.5 Å². The van der Waals surface area contributed by atoms with E-state index in [1.807, 2.05) is 6.07 Å². The number of hydrogen-bond acceptors (Lipinski definition) is 4. The Morgan fingerprint density at radius 3 is 2.44 bits per heavy atom. The minimum Gasteiger partial charge on any atom is -0.492 e. The molecule has 0 spiro atoms. The van der Waals surface area contributed by atoms with Crippen LogP contribution < -0.4 is 11.2 Å². The summed E-state index contributed by atoms with van der Waals surface area (Å²) in [5.74, 6) is -2.52. The van der Waals surface area contributed by atoms with Gasteiger partial charge in [0.2, 0.25) is 11.7 Å². The van der Waals surface area contributed by atoms with Gasteiger partial charge in [0.15, 0.2) is 0 Å². The molecule has 0 aliphatic rings. The molecular weight excluding hydrogens is 241 g/mol. The molecule has 0 unspecified atom stereocenters. The molecule has 0 bridgehead atoms. The highest BCUT2D eigenvalue weighted by Crippen LogP contribution is 2.15. The average Bonchev–Trinajstić information content (AvgIpc) is 2.37. The third-order valence-corrected chi connectivity index (χ3v) is 2.29. The van der Waals surface area contributed by atoms with Gasteiger partial charge in [0, 0.05) is 0 Å². The van der Waals surface area contributed by atoms with Crippen LogP contribution in [0.15, 0.2) is 33.9 Å². The Kier molecular flexibility index (Phi) is 2.69. The molecule has 18 heavy (non-hydrogen) atoms. The summed E-state index contributed by atoms with van der Waals surface area (Å²) in [7, 11) is 0. The van der Waals surface area contributed by atoms with Gasteiger partial charge in [-0.2, -0.15) is 9.65 Å². The first-order valence-corrected chi connectivity index (χ1v) is 4.79. The fourth-order valence-electron chi connectivity index (χ4n) is 1.43. The van der Waals surface area contributed by atoms with Crippen molar-refractivity contribution in [2.24, 2.45) is 0 Å². The number of rotatable bonds is 1. The van der Waals surface area contributed by atoms with Crippen molar-refractivity contribution in [3.8, 4) is 17.6 Å². The standard InChI is InChI=1S/C11H6FN3O3/c12-8-9(16)14-11(18)15(10(8)17)7-3-1-6(5-13)2-4-7/h1-4,17H,(H,14,16,18). The largest absolute Gasteiger partial charge is 0.492 e. The smallest absolute Gasteiger partial charge is 0.335 e. The molecule has 2 aromatic rings. The number of halogens is 1. The number of aromatic nitrogens is 2. The Bertz CT molecular complexity index is 753. The van der Waals surface area contributed by atoms with Gasteiger partial charge in [-0.15, -0.1) is 0 Å². The number of nitrogens with one attached hydrogen (secondary N) is 1. The molecule has 2 rings (SSSR count). The Balaban J connectivity index is 2.72. The molecule has 90 valence electrons. The van der Waals surface area contributed by atoms with Gasteiger partial charge in [-0.05, 0) is 24.3 Å². The molecule has 2 N–H and O–H groups in total. The molecule has 1 heterocycles. The van der Waals surface area contributed by atoms with E-state index in [1.165, 1.54) is 24.3 Å². The quantitative estimate of drug-likeness (QED) is 0.754. The molecule has 0 aliphatic heterocycles. The first kappa shape index (κ1) is 11.6. The van der Waals surface area contributed by atoms with Crippen molar-refractivity contribution < 1.29 is 9.50 Å². The van der Waals surface area contributed by atoms with E-state index >= 15 is 0 Å². The highest BCUT2D eigenvalue weighted by molar-refractivity contribution is 5.41. The first-order valence-electron chi connectivity index (χ1n) is 4.79. The maximum absolute atomic E-state index is 13.2. The van der Waals surface area contributed by atoms with Gasteiger partial charge in [0.05, 0.1) is 17.3 Å². The fourth-order valence-corrected chi connectivity index (χ4v) is 1.43. The van der Waals surface area contributed by atoms with Gasteiger partial charge in [-0.25, -0.2) is 9.36 Å². The summed E-state index contributed by atoms with van der Waals surface area (Å²) in [4.78, 5) is 24.1. The monoisotopic (exact) mass is 247 g/mol. The highest BCUT2D eigenvalue weighted by Gasteiger charge is 2.14. The Morgan fingerprint density at radius 2 is 1.89 bits per heavy atom. The normalized spacial score (nSPS) is 10.0. The van der Waals surface area contributed by atoms with Crippen LogP contribution in [0.4, 0.5) is 4.39 Å². The van der Waals surface area contributed by atoms with Crippen molar-refractivity contribution in [3.63, 3.8) is 0 Å². The van der Waals surface area contributed by atoms with Gasteiger partial charge in [0.25, 0.3) is 5.56 Å². The predicted molar refractivity (Wildman–Crippen MR) is 59.0 cm³/mol. The molecule has 6 nitrogen and oxygen atoms in total. The Labute approximate surface area is 99.2 Å². The van der Waals surface area contributed by atoms with E-state index in [-0.39, 0.29) is 5.69 Å². The number of H-pyrrole nitrogens is 1. The number of hydrogen-bond donors (Lipinski definition) is 2. The SMILES string of the molecule is N#Cc1ccc(-n2c(O)c(F)c(=O)[nH]c2=O)cc1. The summed E-state index contributed by atoms with van der Waals surface area (Å²) in [6.45, 7) is 0. The molecule has 1 aromatic carbocycles. The molecule has 0 saturated carbocycles. The minimum absolute atomic E-state index is 0.131. The van der Waals surface area contributed by atoms with Crippen molar-refractivity contribution in [1.29, 1.82) is 5.26 Å². The van der Waals surface area contributed by atoms with Crippen molar-refractivity contribution >= 4 is 0 Å². The fraction of sp³-hybridized carbons (Fsp3) is 0. The molecular formula is C11H6FN3O3. The summed E-state index contributed by atoms with van der Waals surface area (Å²) in [6, 6.07) is 7.35. The lowest BCUT2D eigenvalue weighted by Gasteiger charge is -2.07. The summed E-state index contributed by atoms with van der Waals surface area (Å²) in [5.41, 5.74) is -1.78. The van der Waals surface area contributed by atoms with Crippen molar-refractivity contribution in [2.75, 3.05) is 0 Å². The number of benzene rings is 1. The third kappa shape index (κ3) is 1.76. The van der Waals surface area contributed by atoms with Gasteiger partial charge in [-0.3, -0.25) is 9.78 Å². The van der Waals surface area contributed by atoms with Gasteiger partial charge >= 0.3 is 5.69 Å². The van der Waals surface area contributed by atoms with Crippen molar-refractivity contribution in [1.82, 2.24) is 9.55 Å². The van der Waals surface area contributed by atoms with Gasteiger partial charge in [-0.1, -0.05) is 0 Å². The van der Waals surface area contributed by atoms with Crippen molar-refractivity contribution in [2.45, 2.75) is 0 Å². The van der Waals surface area contributed by atoms with Crippen LogP contribution in [0.1, 0.15) is 5.56 Å². The molecule has 0 radical (unpaired) electrons. The van der Waals surface area contributed by atoms with E-state index in [0.717, 1.165) is 0 Å². The van der Waals surface area contributed by atoms with Crippen LogP contribution in [0, 0.1) is 17.1 Å². The maximum atomic E-state index is 13.2. The first-order chi connectivity index (χ1) is 8.54. The zero-order chi connectivity index (χ0) is 13.3. The van der Waals surface area contributed by atoms with E-state index in [2.05, 4.69) is 0 Å². The minimum atomic E-state index is -1.45. The van der Waals surface area contributed by atoms with Crippen LogP contribution in [0.25, 0.3) is 5.69 Å². The number of aromatic hydroxyl groups is 1. The van der Waals surface area contributed by atoms with Crippen LogP contribution in [-0.2, 0) is 0 Å². The Morgan fingerprint density at radius 1 is 1.28 bits per heavy atom. The van der Waals surface area contributed by atoms with Gasteiger partial charge < -0.3 is 5.11 Å². The second kappa shape index (κ2) is 4.18.